The number of rotatable bonds is 8. The summed E-state index contributed by atoms with van der Waals surface area (Å²) in [6, 6.07) is 33.1. The second-order valence-corrected chi connectivity index (χ2v) is 23.3. The minimum atomic E-state index is -0.0891. The van der Waals surface area contributed by atoms with Crippen LogP contribution in [0.3, 0.4) is 0 Å². The molecule has 6 aromatic carbocycles. The molecule has 0 saturated carbocycles. The summed E-state index contributed by atoms with van der Waals surface area (Å²) in [5, 5.41) is 20.3. The average Bonchev–Trinajstić information content (AvgIpc) is 3.69. The van der Waals surface area contributed by atoms with Gasteiger partial charge in [0.1, 0.15) is 30.0 Å². The molecule has 0 aromatic heterocycles. The first kappa shape index (κ1) is 63.1. The van der Waals surface area contributed by atoms with E-state index < -0.39 is 0 Å². The van der Waals surface area contributed by atoms with E-state index in [0.29, 0.717) is 32.8 Å². The number of morpholine rings is 2. The fraction of sp³-hybridized carbons (Fsp3) is 0.418. The summed E-state index contributed by atoms with van der Waals surface area (Å²) in [6.45, 7) is 12.8. The molecule has 4 saturated heterocycles. The number of alkyl halides is 1. The first-order chi connectivity index (χ1) is 40.9. The number of aliphatic hydroxyl groups excluding tert-OH is 1. The SMILES string of the molecule is ClCCN1CCOCC1.O=C1c2ccc(Cl)cc2CCc2ccc(O)cc21.O=C1c2ccc(Cl)cc2CCc2ccc(OC3CCOCC3)cc21.O=C1c2ccc(Cl)cc2CCc2ccc(OCCN3CCOCC3)cc21.OC1CCOCC1. The monoisotopic (exact) mass is 1220 g/mol. The zero-order chi connectivity index (χ0) is 58.8. The van der Waals surface area contributed by atoms with Crippen LogP contribution in [0.15, 0.2) is 109 Å². The highest BCUT2D eigenvalue weighted by Gasteiger charge is 2.26. The van der Waals surface area contributed by atoms with E-state index in [0.717, 1.165) is 229 Å². The summed E-state index contributed by atoms with van der Waals surface area (Å²) in [6.07, 6.45) is 8.42. The summed E-state index contributed by atoms with van der Waals surface area (Å²) >= 11 is 23.7. The van der Waals surface area contributed by atoms with Gasteiger partial charge in [0.15, 0.2) is 17.3 Å². The number of phenols is 1. The molecule has 13 rings (SSSR count). The third-order valence-electron chi connectivity index (χ3n) is 15.9. The highest BCUT2D eigenvalue weighted by Crippen LogP contribution is 2.33. The number of nitrogens with zero attached hydrogens (tertiary/aromatic N) is 2. The van der Waals surface area contributed by atoms with Crippen molar-refractivity contribution in [3.8, 4) is 17.2 Å². The van der Waals surface area contributed by atoms with Crippen molar-refractivity contribution in [3.63, 3.8) is 0 Å². The van der Waals surface area contributed by atoms with Crippen LogP contribution >= 0.6 is 46.4 Å². The van der Waals surface area contributed by atoms with Gasteiger partial charge in [-0.2, -0.15) is 0 Å². The zero-order valence-electron chi connectivity index (χ0n) is 47.4. The molecule has 4 fully saturated rings. The highest BCUT2D eigenvalue weighted by atomic mass is 35.5. The highest BCUT2D eigenvalue weighted by molar-refractivity contribution is 6.31. The fourth-order valence-corrected chi connectivity index (χ4v) is 11.9. The van der Waals surface area contributed by atoms with E-state index in [1.807, 2.05) is 72.8 Å². The standard InChI is InChI=1S/C21H22ClNO3.C20H19ClO3.C15H11ClO2.C6H12ClNO.C5H10O2/c22-17-4-6-19-16(13-17)2-1-15-3-5-18(14-20(15)21(19)24)26-12-9-23-7-10-25-11-8-23;21-15-4-6-18-14(11-15)2-1-13-3-5-17(12-19(13)20(18)22)24-16-7-9-23-10-8-16;16-11-4-6-13-10(7-11)2-1-9-3-5-12(17)8-14(9)15(13)18;7-1-2-8-3-5-9-6-4-8;6-5-1-3-7-4-2-5/h3-6,13-14H,1-2,7-12H2;3-6,11-12,16H,1-2,7-10H2;3-8,17H,1-2H2;1-6H2;5-6H,1-4H2. The molecule has 84 heavy (non-hydrogen) atoms. The van der Waals surface area contributed by atoms with Gasteiger partial charge >= 0.3 is 0 Å². The lowest BCUT2D eigenvalue weighted by Gasteiger charge is -2.26. The predicted octanol–water partition coefficient (Wildman–Crippen LogP) is 11.7. The summed E-state index contributed by atoms with van der Waals surface area (Å²) in [4.78, 5) is 43.0. The van der Waals surface area contributed by atoms with Gasteiger partial charge < -0.3 is 38.6 Å². The molecule has 2 N–H and O–H groups in total. The van der Waals surface area contributed by atoms with Crippen LogP contribution in [0.2, 0.25) is 15.1 Å². The number of carbonyl (C=O) groups excluding carboxylic acids is 3. The molecule has 13 nitrogen and oxygen atoms in total. The van der Waals surface area contributed by atoms with Gasteiger partial charge in [0.2, 0.25) is 0 Å². The number of aryl methyl sites for hydroxylation is 6. The molecule has 0 unspecified atom stereocenters. The maximum Gasteiger partial charge on any atom is 0.193 e. The van der Waals surface area contributed by atoms with Crippen LogP contribution in [0.25, 0.3) is 0 Å². The maximum atomic E-state index is 13.0. The van der Waals surface area contributed by atoms with E-state index in [4.69, 9.17) is 79.9 Å². The number of aromatic hydroxyl groups is 1. The maximum absolute atomic E-state index is 13.0. The molecule has 6 aromatic rings. The lowest BCUT2D eigenvalue weighted by Crippen LogP contribution is -2.38. The summed E-state index contributed by atoms with van der Waals surface area (Å²) in [5.41, 5.74) is 10.4. The number of fused-ring (bicyclic) bond motifs is 6. The van der Waals surface area contributed by atoms with Crippen LogP contribution < -0.4 is 9.47 Å². The van der Waals surface area contributed by atoms with Crippen LogP contribution in [0.1, 0.15) is 107 Å². The van der Waals surface area contributed by atoms with Crippen molar-refractivity contribution in [2.24, 2.45) is 0 Å². The van der Waals surface area contributed by atoms with Crippen LogP contribution in [0.4, 0.5) is 0 Å². The molecule has 446 valence electrons. The van der Waals surface area contributed by atoms with E-state index in [1.165, 1.54) is 0 Å². The Labute approximate surface area is 512 Å². The summed E-state index contributed by atoms with van der Waals surface area (Å²) < 4.78 is 32.8. The molecular formula is C67H74Cl4N2O11. The Morgan fingerprint density at radius 1 is 0.440 bits per heavy atom. The average molecular weight is 1230 g/mol. The van der Waals surface area contributed by atoms with Crippen molar-refractivity contribution >= 4 is 63.8 Å². The molecule has 17 heteroatoms. The summed E-state index contributed by atoms with van der Waals surface area (Å²) in [5.74, 6) is 2.47. The van der Waals surface area contributed by atoms with Gasteiger partial charge in [-0.3, -0.25) is 24.2 Å². The van der Waals surface area contributed by atoms with E-state index in [1.54, 1.807) is 36.4 Å². The first-order valence-electron chi connectivity index (χ1n) is 29.3. The Kier molecular flexibility index (Phi) is 23.9. The predicted molar refractivity (Wildman–Crippen MR) is 329 cm³/mol. The van der Waals surface area contributed by atoms with Crippen molar-refractivity contribution < 1.29 is 53.0 Å². The van der Waals surface area contributed by atoms with Gasteiger partial charge in [0, 0.05) is 120 Å². The number of ether oxygens (including phenoxy) is 6. The Morgan fingerprint density at radius 2 is 0.833 bits per heavy atom. The van der Waals surface area contributed by atoms with E-state index in [2.05, 4.69) is 9.80 Å². The Bertz CT molecular complexity index is 3190. The van der Waals surface area contributed by atoms with Gasteiger partial charge in [-0.1, -0.05) is 53.0 Å². The molecule has 4 aliphatic heterocycles. The number of carbonyl (C=O) groups is 3. The number of aliphatic hydroxyl groups is 1. The van der Waals surface area contributed by atoms with Gasteiger partial charge in [-0.25, -0.2) is 0 Å². The molecule has 0 amide bonds. The second-order valence-electron chi connectivity index (χ2n) is 21.6. The molecule has 3 aliphatic carbocycles. The largest absolute Gasteiger partial charge is 0.508 e. The minimum Gasteiger partial charge on any atom is -0.508 e. The van der Waals surface area contributed by atoms with E-state index in [9.17, 15) is 19.5 Å². The van der Waals surface area contributed by atoms with Crippen molar-refractivity contribution in [2.45, 2.75) is 76.4 Å². The number of benzene rings is 6. The van der Waals surface area contributed by atoms with Crippen molar-refractivity contribution in [2.75, 3.05) is 105 Å². The summed E-state index contributed by atoms with van der Waals surface area (Å²) in [7, 11) is 0. The van der Waals surface area contributed by atoms with Gasteiger partial charge in [-0.15, -0.1) is 11.6 Å². The molecular weight excluding hydrogens is 1150 g/mol. The topological polar surface area (TPSA) is 154 Å². The van der Waals surface area contributed by atoms with Gasteiger partial charge in [-0.05, 0) is 176 Å². The Hall–Kier alpha value is -5.39. The lowest BCUT2D eigenvalue weighted by molar-refractivity contribution is 0.0140. The first-order valence-corrected chi connectivity index (χ1v) is 30.9. The van der Waals surface area contributed by atoms with Gasteiger partial charge in [0.25, 0.3) is 0 Å². The minimum absolute atomic E-state index is 0.0370. The van der Waals surface area contributed by atoms with Crippen LogP contribution in [-0.4, -0.2) is 154 Å². The Morgan fingerprint density at radius 3 is 1.29 bits per heavy atom. The molecule has 7 aliphatic rings. The quantitative estimate of drug-likeness (QED) is 0.139. The Balaban J connectivity index is 0.000000135. The number of hydrogen-bond acceptors (Lipinski definition) is 13. The fourth-order valence-electron chi connectivity index (χ4n) is 11.1. The zero-order valence-corrected chi connectivity index (χ0v) is 50.4. The van der Waals surface area contributed by atoms with Crippen LogP contribution in [0.5, 0.6) is 17.2 Å². The third-order valence-corrected chi connectivity index (χ3v) is 16.7. The van der Waals surface area contributed by atoms with Crippen LogP contribution in [0, 0.1) is 0 Å². The molecule has 0 spiro atoms. The normalized spacial score (nSPS) is 17.9. The van der Waals surface area contributed by atoms with E-state index >= 15 is 0 Å². The van der Waals surface area contributed by atoms with E-state index in [-0.39, 0.29) is 35.3 Å². The molecule has 0 radical (unpaired) electrons. The van der Waals surface area contributed by atoms with Gasteiger partial charge in [0.05, 0.1) is 45.7 Å². The molecule has 0 bridgehead atoms. The smallest absolute Gasteiger partial charge is 0.193 e. The number of halogens is 4. The number of hydrogen-bond donors (Lipinski definition) is 2. The third kappa shape index (κ3) is 17.9. The van der Waals surface area contributed by atoms with Crippen molar-refractivity contribution in [3.05, 3.63) is 191 Å². The number of ketones is 3. The van der Waals surface area contributed by atoms with Crippen LogP contribution in [-0.2, 0) is 57.5 Å². The molecule has 0 atom stereocenters. The molecule has 4 heterocycles. The lowest BCUT2D eigenvalue weighted by atomic mass is 9.98. The number of phenolic OH excluding ortho intramolecular Hbond substituents is 1. The van der Waals surface area contributed by atoms with Crippen molar-refractivity contribution in [1.29, 1.82) is 0 Å². The second kappa shape index (κ2) is 31.8. The van der Waals surface area contributed by atoms with Crippen molar-refractivity contribution in [1.82, 2.24) is 9.80 Å².